The van der Waals surface area contributed by atoms with E-state index in [0.717, 1.165) is 42.5 Å². The third-order valence-electron chi connectivity index (χ3n) is 6.26. The molecule has 1 fully saturated rings. The molecule has 2 aromatic carbocycles. The molecule has 2 heterocycles. The van der Waals surface area contributed by atoms with Crippen molar-refractivity contribution in [1.29, 1.82) is 5.26 Å². The molecule has 5 rings (SSSR count). The summed E-state index contributed by atoms with van der Waals surface area (Å²) >= 11 is 12.1. The first-order chi connectivity index (χ1) is 15.0. The second kappa shape index (κ2) is 7.56. The Morgan fingerprint density at radius 2 is 1.61 bits per heavy atom. The van der Waals surface area contributed by atoms with Crippen molar-refractivity contribution >= 4 is 28.8 Å². The van der Waals surface area contributed by atoms with Gasteiger partial charge in [-0.25, -0.2) is 4.98 Å². The van der Waals surface area contributed by atoms with Gasteiger partial charge in [-0.1, -0.05) is 60.3 Å². The summed E-state index contributed by atoms with van der Waals surface area (Å²) in [7, 11) is 0. The van der Waals surface area contributed by atoms with Gasteiger partial charge in [-0.3, -0.25) is 9.89 Å². The molecule has 7 heteroatoms. The van der Waals surface area contributed by atoms with Crippen molar-refractivity contribution in [2.45, 2.75) is 31.1 Å². The Bertz CT molecular complexity index is 1370. The lowest BCUT2D eigenvalue weighted by molar-refractivity contribution is 0.512. The number of fused-ring (bicyclic) bond motifs is 1. The van der Waals surface area contributed by atoms with Gasteiger partial charge in [0.2, 0.25) is 0 Å². The standard InChI is InChI=1S/C24H18Cl2N4O/c25-17-7-3-15(4-8-17)20-14-28-22-19(13-27)21(29-30(22)23(20)31)24(11-1-2-12-24)16-5-9-18(26)10-6-16/h3-10,14,29H,1-2,11-12H2. The van der Waals surface area contributed by atoms with Gasteiger partial charge in [-0.2, -0.15) is 9.78 Å². The average molecular weight is 449 g/mol. The number of rotatable bonds is 3. The van der Waals surface area contributed by atoms with Gasteiger partial charge in [0.05, 0.1) is 11.3 Å². The van der Waals surface area contributed by atoms with E-state index in [-0.39, 0.29) is 11.0 Å². The number of benzene rings is 2. The highest BCUT2D eigenvalue weighted by Gasteiger charge is 2.41. The molecule has 31 heavy (non-hydrogen) atoms. The minimum Gasteiger partial charge on any atom is -0.291 e. The van der Waals surface area contributed by atoms with Crippen LogP contribution in [0.25, 0.3) is 16.8 Å². The Labute approximate surface area is 188 Å². The predicted octanol–water partition coefficient (Wildman–Crippen LogP) is 5.73. The van der Waals surface area contributed by atoms with Crippen LogP contribution in [0.15, 0.2) is 59.5 Å². The van der Waals surface area contributed by atoms with Crippen molar-refractivity contribution in [2.75, 3.05) is 0 Å². The SMILES string of the molecule is N#Cc1c(C2(c3ccc(Cl)cc3)CCCC2)[nH]n2c(=O)c(-c3ccc(Cl)cc3)cnc12. The number of hydrogen-bond acceptors (Lipinski definition) is 3. The number of aromatic amines is 1. The van der Waals surface area contributed by atoms with Crippen molar-refractivity contribution in [1.82, 2.24) is 14.6 Å². The van der Waals surface area contributed by atoms with E-state index in [1.54, 1.807) is 24.3 Å². The normalized spacial score (nSPS) is 15.3. The minimum atomic E-state index is -0.379. The van der Waals surface area contributed by atoms with Crippen molar-refractivity contribution in [2.24, 2.45) is 0 Å². The zero-order chi connectivity index (χ0) is 21.6. The van der Waals surface area contributed by atoms with Gasteiger partial charge in [0, 0.05) is 21.7 Å². The van der Waals surface area contributed by atoms with E-state index < -0.39 is 0 Å². The second-order valence-corrected chi connectivity index (χ2v) is 8.79. The molecule has 4 aromatic rings. The van der Waals surface area contributed by atoms with Gasteiger partial charge in [0.15, 0.2) is 5.65 Å². The van der Waals surface area contributed by atoms with Crippen LogP contribution in [0.3, 0.4) is 0 Å². The zero-order valence-electron chi connectivity index (χ0n) is 16.5. The molecule has 0 saturated heterocycles. The number of nitrogens with one attached hydrogen (secondary N) is 1. The maximum atomic E-state index is 13.3. The van der Waals surface area contributed by atoms with Crippen LogP contribution in [0.5, 0.6) is 0 Å². The van der Waals surface area contributed by atoms with Crippen LogP contribution in [-0.4, -0.2) is 14.6 Å². The summed E-state index contributed by atoms with van der Waals surface area (Å²) in [6.07, 6.45) is 5.38. The van der Waals surface area contributed by atoms with Gasteiger partial charge in [0.25, 0.3) is 5.56 Å². The molecule has 2 aromatic heterocycles. The quantitative estimate of drug-likeness (QED) is 0.434. The van der Waals surface area contributed by atoms with E-state index >= 15 is 0 Å². The first-order valence-corrected chi connectivity index (χ1v) is 10.9. The lowest BCUT2D eigenvalue weighted by Crippen LogP contribution is -2.26. The van der Waals surface area contributed by atoms with Gasteiger partial charge in [-0.15, -0.1) is 0 Å². The van der Waals surface area contributed by atoms with E-state index in [1.807, 2.05) is 24.3 Å². The van der Waals surface area contributed by atoms with Gasteiger partial charge >= 0.3 is 0 Å². The molecule has 0 unspecified atom stereocenters. The van der Waals surface area contributed by atoms with E-state index in [0.29, 0.717) is 26.8 Å². The molecule has 0 radical (unpaired) electrons. The molecule has 1 N–H and O–H groups in total. The van der Waals surface area contributed by atoms with Crippen molar-refractivity contribution in [3.63, 3.8) is 0 Å². The summed E-state index contributed by atoms with van der Waals surface area (Å²) in [5.74, 6) is 0. The Hall–Kier alpha value is -3.07. The monoisotopic (exact) mass is 448 g/mol. The first-order valence-electron chi connectivity index (χ1n) is 10.1. The first kappa shape index (κ1) is 19.9. The van der Waals surface area contributed by atoms with E-state index in [1.165, 1.54) is 10.7 Å². The molecule has 1 aliphatic carbocycles. The molecule has 0 aliphatic heterocycles. The summed E-state index contributed by atoms with van der Waals surface area (Å²) in [6, 6.07) is 17.1. The van der Waals surface area contributed by atoms with Crippen molar-refractivity contribution in [3.05, 3.63) is 91.9 Å². The fourth-order valence-electron chi connectivity index (χ4n) is 4.73. The molecular formula is C24H18Cl2N4O. The van der Waals surface area contributed by atoms with Crippen molar-refractivity contribution in [3.8, 4) is 17.2 Å². The smallest absolute Gasteiger partial charge is 0.280 e. The van der Waals surface area contributed by atoms with Crippen molar-refractivity contribution < 1.29 is 0 Å². The molecule has 1 saturated carbocycles. The van der Waals surface area contributed by atoms with Gasteiger partial charge in [0.1, 0.15) is 11.6 Å². The molecule has 0 spiro atoms. The number of H-pyrrole nitrogens is 1. The minimum absolute atomic E-state index is 0.251. The molecule has 5 nitrogen and oxygen atoms in total. The third kappa shape index (κ3) is 3.15. The van der Waals surface area contributed by atoms with Crippen LogP contribution in [0, 0.1) is 11.3 Å². The van der Waals surface area contributed by atoms with Gasteiger partial charge < -0.3 is 0 Å². The Balaban J connectivity index is 1.75. The number of halogens is 2. The highest BCUT2D eigenvalue weighted by molar-refractivity contribution is 6.30. The number of hydrogen-bond donors (Lipinski definition) is 1. The lowest BCUT2D eigenvalue weighted by atomic mass is 9.75. The number of nitrogens with zero attached hydrogens (tertiary/aromatic N) is 3. The largest absolute Gasteiger partial charge is 0.291 e. The molecular weight excluding hydrogens is 431 g/mol. The maximum absolute atomic E-state index is 13.3. The molecule has 1 aliphatic rings. The highest BCUT2D eigenvalue weighted by Crippen LogP contribution is 2.47. The van der Waals surface area contributed by atoms with E-state index in [2.05, 4.69) is 16.2 Å². The summed E-state index contributed by atoms with van der Waals surface area (Å²) in [6.45, 7) is 0. The summed E-state index contributed by atoms with van der Waals surface area (Å²) in [4.78, 5) is 17.8. The summed E-state index contributed by atoms with van der Waals surface area (Å²) in [5, 5.41) is 14.5. The van der Waals surface area contributed by atoms with Crippen LogP contribution in [0.2, 0.25) is 10.0 Å². The fraction of sp³-hybridized carbons (Fsp3) is 0.208. The lowest BCUT2D eigenvalue weighted by Gasteiger charge is -2.29. The average Bonchev–Trinajstić information content (AvgIpc) is 3.41. The molecule has 0 atom stereocenters. The molecule has 154 valence electrons. The zero-order valence-corrected chi connectivity index (χ0v) is 18.0. The van der Waals surface area contributed by atoms with E-state index in [4.69, 9.17) is 23.2 Å². The van der Waals surface area contributed by atoms with Crippen LogP contribution >= 0.6 is 23.2 Å². The molecule has 0 amide bonds. The Kier molecular flexibility index (Phi) is 4.85. The number of nitriles is 1. The van der Waals surface area contributed by atoms with E-state index in [9.17, 15) is 10.1 Å². The topological polar surface area (TPSA) is 73.9 Å². The molecule has 0 bridgehead atoms. The Morgan fingerprint density at radius 3 is 2.23 bits per heavy atom. The van der Waals surface area contributed by atoms with Crippen LogP contribution in [0.4, 0.5) is 0 Å². The third-order valence-corrected chi connectivity index (χ3v) is 6.76. The van der Waals surface area contributed by atoms with Gasteiger partial charge in [-0.05, 0) is 48.2 Å². The maximum Gasteiger partial charge on any atom is 0.280 e. The van der Waals surface area contributed by atoms with Crippen LogP contribution < -0.4 is 5.56 Å². The fourth-order valence-corrected chi connectivity index (χ4v) is 4.98. The highest BCUT2D eigenvalue weighted by atomic mass is 35.5. The van der Waals surface area contributed by atoms with Crippen LogP contribution in [-0.2, 0) is 5.41 Å². The predicted molar refractivity (Wildman–Crippen MR) is 122 cm³/mol. The summed E-state index contributed by atoms with van der Waals surface area (Å²) in [5.41, 5.74) is 3.13. The van der Waals surface area contributed by atoms with Crippen LogP contribution in [0.1, 0.15) is 42.5 Å². The Morgan fingerprint density at radius 1 is 1.00 bits per heavy atom. The number of aromatic nitrogens is 3. The second-order valence-electron chi connectivity index (χ2n) is 7.91. The summed E-state index contributed by atoms with van der Waals surface area (Å²) < 4.78 is 1.40.